The van der Waals surface area contributed by atoms with Gasteiger partial charge in [0.1, 0.15) is 12.7 Å². The summed E-state index contributed by atoms with van der Waals surface area (Å²) < 4.78 is 33.1. The molecule has 0 aliphatic rings. The highest BCUT2D eigenvalue weighted by Gasteiger charge is 2.12. The van der Waals surface area contributed by atoms with Crippen LogP contribution in [0.1, 0.15) is 15.9 Å². The summed E-state index contributed by atoms with van der Waals surface area (Å²) in [5.74, 6) is -2.01. The maximum Gasteiger partial charge on any atom is 0.262 e. The van der Waals surface area contributed by atoms with E-state index >= 15 is 0 Å². The van der Waals surface area contributed by atoms with Crippen LogP contribution in [0.5, 0.6) is 5.88 Å². The number of nitriles is 1. The fourth-order valence-electron chi connectivity index (χ4n) is 2.10. The molecule has 0 saturated heterocycles. The number of ketones is 1. The van der Waals surface area contributed by atoms with Crippen molar-refractivity contribution >= 4 is 5.78 Å². The lowest BCUT2D eigenvalue weighted by molar-refractivity contribution is 0.105. The summed E-state index contributed by atoms with van der Waals surface area (Å²) in [5.41, 5.74) is 0.613. The van der Waals surface area contributed by atoms with Gasteiger partial charge in [-0.05, 0) is 29.8 Å². The second-order valence-corrected chi connectivity index (χ2v) is 4.96. The molecule has 0 amide bonds. The molecule has 0 atom stereocenters. The van der Waals surface area contributed by atoms with Crippen molar-refractivity contribution in [2.24, 2.45) is 0 Å². The van der Waals surface area contributed by atoms with Gasteiger partial charge in [0.15, 0.2) is 17.5 Å². The largest absolute Gasteiger partial charge is 0.473 e. The second kappa shape index (κ2) is 6.88. The lowest BCUT2D eigenvalue weighted by atomic mass is 10.2. The van der Waals surface area contributed by atoms with E-state index in [0.717, 1.165) is 12.1 Å². The van der Waals surface area contributed by atoms with E-state index in [-0.39, 0.29) is 18.0 Å². The normalized spacial score (nSPS) is 10.3. The molecule has 1 aromatic carbocycles. The number of pyridine rings is 1. The van der Waals surface area contributed by atoms with Crippen LogP contribution < -0.4 is 4.74 Å². The topological polar surface area (TPSA) is 80.8 Å². The van der Waals surface area contributed by atoms with Gasteiger partial charge in [0.25, 0.3) is 5.78 Å². The third kappa shape index (κ3) is 3.50. The van der Waals surface area contributed by atoms with E-state index < -0.39 is 17.4 Å². The van der Waals surface area contributed by atoms with Crippen LogP contribution in [-0.2, 0) is 6.61 Å². The van der Waals surface area contributed by atoms with Crippen LogP contribution in [0.25, 0.3) is 5.82 Å². The molecule has 2 heterocycles. The molecule has 6 nitrogen and oxygen atoms in total. The minimum atomic E-state index is -0.959. The Morgan fingerprint density at radius 1 is 1.16 bits per heavy atom. The maximum atomic E-state index is 13.2. The van der Waals surface area contributed by atoms with Crippen molar-refractivity contribution in [1.29, 1.82) is 5.26 Å². The van der Waals surface area contributed by atoms with Crippen molar-refractivity contribution in [3.8, 4) is 17.8 Å². The predicted octanol–water partition coefficient (Wildman–Crippen LogP) is 2.83. The van der Waals surface area contributed by atoms with Gasteiger partial charge in [0.05, 0.1) is 6.20 Å². The predicted molar refractivity (Wildman–Crippen MR) is 82.0 cm³/mol. The van der Waals surface area contributed by atoms with Crippen molar-refractivity contribution in [2.45, 2.75) is 6.61 Å². The number of halogens is 2. The average molecular weight is 340 g/mol. The summed E-state index contributed by atoms with van der Waals surface area (Å²) >= 11 is 0. The van der Waals surface area contributed by atoms with Crippen LogP contribution in [0.3, 0.4) is 0 Å². The smallest absolute Gasteiger partial charge is 0.262 e. The van der Waals surface area contributed by atoms with Crippen LogP contribution in [-0.4, -0.2) is 20.5 Å². The number of Topliss-reactive ketones (excluding diaryl/α,β-unsaturated/α-hetero) is 1. The number of aromatic nitrogens is 3. The Hall–Kier alpha value is -3.60. The zero-order valence-electron chi connectivity index (χ0n) is 12.7. The Kier molecular flexibility index (Phi) is 4.48. The first kappa shape index (κ1) is 16.3. The maximum absolute atomic E-state index is 13.2. The molecule has 0 saturated carbocycles. The zero-order valence-corrected chi connectivity index (χ0v) is 12.7. The van der Waals surface area contributed by atoms with Crippen LogP contribution >= 0.6 is 0 Å². The van der Waals surface area contributed by atoms with Crippen molar-refractivity contribution < 1.29 is 18.3 Å². The first-order valence-electron chi connectivity index (χ1n) is 7.10. The zero-order chi connectivity index (χ0) is 17.8. The summed E-state index contributed by atoms with van der Waals surface area (Å²) in [4.78, 5) is 15.6. The lowest BCUT2D eigenvalue weighted by Gasteiger charge is -2.09. The molecule has 0 aliphatic carbocycles. The first-order chi connectivity index (χ1) is 12.1. The molecular formula is C17H10F2N4O2. The SMILES string of the molecule is N#CC(=O)c1ccnc(-n2nccc2OCc2ccc(F)c(F)c2)c1. The van der Waals surface area contributed by atoms with Gasteiger partial charge in [0.2, 0.25) is 5.88 Å². The van der Waals surface area contributed by atoms with Gasteiger partial charge in [0, 0.05) is 17.8 Å². The van der Waals surface area contributed by atoms with Crippen molar-refractivity contribution in [3.05, 3.63) is 71.6 Å². The summed E-state index contributed by atoms with van der Waals surface area (Å²) in [5, 5.41) is 12.7. The highest BCUT2D eigenvalue weighted by molar-refractivity contribution is 6.07. The van der Waals surface area contributed by atoms with E-state index in [0.29, 0.717) is 11.4 Å². The minimum absolute atomic E-state index is 0.0142. The molecule has 124 valence electrons. The standard InChI is InChI=1S/C17H10F2N4O2/c18-13-2-1-11(7-14(13)19)10-25-17-4-6-22-23(17)16-8-12(3-5-21-16)15(24)9-20/h1-8H,10H2. The second-order valence-electron chi connectivity index (χ2n) is 4.96. The number of hydrogen-bond donors (Lipinski definition) is 0. The molecule has 0 spiro atoms. The molecule has 2 aromatic heterocycles. The van der Waals surface area contributed by atoms with Crippen molar-refractivity contribution in [2.75, 3.05) is 0 Å². The van der Waals surface area contributed by atoms with Gasteiger partial charge in [-0.3, -0.25) is 4.79 Å². The number of benzene rings is 1. The van der Waals surface area contributed by atoms with E-state index in [9.17, 15) is 13.6 Å². The first-order valence-corrected chi connectivity index (χ1v) is 7.10. The molecule has 0 radical (unpaired) electrons. The molecule has 0 bridgehead atoms. The Labute approximate surface area is 140 Å². The Morgan fingerprint density at radius 3 is 2.76 bits per heavy atom. The third-order valence-electron chi connectivity index (χ3n) is 3.30. The van der Waals surface area contributed by atoms with Crippen LogP contribution in [0.15, 0.2) is 48.8 Å². The fraction of sp³-hybridized carbons (Fsp3) is 0.0588. The van der Waals surface area contributed by atoms with Crippen LogP contribution in [0.2, 0.25) is 0 Å². The molecule has 3 aromatic rings. The van der Waals surface area contributed by atoms with Gasteiger partial charge in [-0.2, -0.15) is 15.0 Å². The molecule has 8 heteroatoms. The van der Waals surface area contributed by atoms with Gasteiger partial charge in [-0.25, -0.2) is 13.8 Å². The molecule has 0 fully saturated rings. The lowest BCUT2D eigenvalue weighted by Crippen LogP contribution is -2.06. The number of hydrogen-bond acceptors (Lipinski definition) is 5. The number of nitrogens with zero attached hydrogens (tertiary/aromatic N) is 4. The number of rotatable bonds is 5. The van der Waals surface area contributed by atoms with E-state index in [4.69, 9.17) is 10.00 Å². The third-order valence-corrected chi connectivity index (χ3v) is 3.30. The average Bonchev–Trinajstić information content (AvgIpc) is 3.10. The van der Waals surface area contributed by atoms with Crippen molar-refractivity contribution in [3.63, 3.8) is 0 Å². The van der Waals surface area contributed by atoms with Crippen LogP contribution in [0, 0.1) is 23.0 Å². The quantitative estimate of drug-likeness (QED) is 0.527. The fourth-order valence-corrected chi connectivity index (χ4v) is 2.10. The summed E-state index contributed by atoms with van der Waals surface area (Å²) in [6.07, 6.45) is 2.84. The molecule has 0 unspecified atom stereocenters. The van der Waals surface area contributed by atoms with Crippen molar-refractivity contribution in [1.82, 2.24) is 14.8 Å². The minimum Gasteiger partial charge on any atom is -0.473 e. The molecule has 25 heavy (non-hydrogen) atoms. The Balaban J connectivity index is 1.82. The van der Waals surface area contributed by atoms with Gasteiger partial charge in [-0.1, -0.05) is 6.07 Å². The number of ether oxygens (including phenoxy) is 1. The summed E-state index contributed by atoms with van der Waals surface area (Å²) in [6.45, 7) is -0.0142. The number of carbonyl (C=O) groups excluding carboxylic acids is 1. The van der Waals surface area contributed by atoms with Gasteiger partial charge in [-0.15, -0.1) is 0 Å². The molecule has 0 N–H and O–H groups in total. The van der Waals surface area contributed by atoms with E-state index in [1.54, 1.807) is 6.07 Å². The Morgan fingerprint density at radius 2 is 2.00 bits per heavy atom. The summed E-state index contributed by atoms with van der Waals surface area (Å²) in [7, 11) is 0. The number of carbonyl (C=O) groups is 1. The van der Waals surface area contributed by atoms with Crippen LogP contribution in [0.4, 0.5) is 8.78 Å². The summed E-state index contributed by atoms with van der Waals surface area (Å²) in [6, 6.07) is 9.38. The highest BCUT2D eigenvalue weighted by Crippen LogP contribution is 2.18. The van der Waals surface area contributed by atoms with E-state index in [1.165, 1.54) is 41.3 Å². The monoisotopic (exact) mass is 340 g/mol. The molecular weight excluding hydrogens is 330 g/mol. The Bertz CT molecular complexity index is 979. The molecule has 0 aliphatic heterocycles. The van der Waals surface area contributed by atoms with Gasteiger partial charge >= 0.3 is 0 Å². The van der Waals surface area contributed by atoms with E-state index in [2.05, 4.69) is 10.1 Å². The highest BCUT2D eigenvalue weighted by atomic mass is 19.2. The van der Waals surface area contributed by atoms with E-state index in [1.807, 2.05) is 0 Å². The molecule has 3 rings (SSSR count). The van der Waals surface area contributed by atoms with Gasteiger partial charge < -0.3 is 4.74 Å².